The average Bonchev–Trinajstić information content (AvgIpc) is 3.20. The summed E-state index contributed by atoms with van der Waals surface area (Å²) in [7, 11) is 0. The molecule has 0 fully saturated rings. The van der Waals surface area contributed by atoms with E-state index in [4.69, 9.17) is 5.73 Å². The summed E-state index contributed by atoms with van der Waals surface area (Å²) in [5, 5.41) is 13.9. The van der Waals surface area contributed by atoms with E-state index in [9.17, 15) is 5.26 Å². The average molecular weight is 313 g/mol. The van der Waals surface area contributed by atoms with Crippen molar-refractivity contribution in [2.45, 2.75) is 12.8 Å². The number of anilines is 1. The van der Waals surface area contributed by atoms with Gasteiger partial charge in [-0.25, -0.2) is 9.66 Å². The molecule has 0 amide bonds. The van der Waals surface area contributed by atoms with E-state index in [1.807, 2.05) is 54.7 Å². The molecule has 0 saturated carbocycles. The monoisotopic (exact) mass is 313 g/mol. The van der Waals surface area contributed by atoms with Crippen molar-refractivity contribution in [2.75, 3.05) is 5.73 Å². The number of rotatable bonds is 2. The smallest absolute Gasteiger partial charge is 0.221 e. The Bertz CT molecular complexity index is 977. The lowest BCUT2D eigenvalue weighted by Gasteiger charge is -2.02. The molecule has 3 aromatic rings. The minimum absolute atomic E-state index is 0.353. The van der Waals surface area contributed by atoms with Crippen LogP contribution in [0.15, 0.2) is 59.8 Å². The highest BCUT2D eigenvalue weighted by molar-refractivity contribution is 6.05. The van der Waals surface area contributed by atoms with Crippen LogP contribution in [0, 0.1) is 11.3 Å². The van der Waals surface area contributed by atoms with Crippen molar-refractivity contribution in [3.8, 4) is 17.3 Å². The zero-order chi connectivity index (χ0) is 16.5. The van der Waals surface area contributed by atoms with Gasteiger partial charge < -0.3 is 5.73 Å². The topological polar surface area (TPSA) is 80.0 Å². The molecule has 1 aliphatic carbocycles. The maximum atomic E-state index is 9.23. The lowest BCUT2D eigenvalue weighted by Crippen LogP contribution is -2.02. The second-order valence-corrected chi connectivity index (χ2v) is 5.69. The summed E-state index contributed by atoms with van der Waals surface area (Å²) in [5.41, 5.74) is 11.6. The fraction of sp³-hybridized carbons (Fsp3) is 0.105. The van der Waals surface area contributed by atoms with Crippen molar-refractivity contribution in [2.24, 2.45) is 5.10 Å². The van der Waals surface area contributed by atoms with Crippen LogP contribution in [0.25, 0.3) is 11.3 Å². The highest BCUT2D eigenvalue weighted by Crippen LogP contribution is 2.27. The zero-order valence-corrected chi connectivity index (χ0v) is 13.0. The molecule has 0 spiro atoms. The molecule has 0 aliphatic heterocycles. The lowest BCUT2D eigenvalue weighted by molar-refractivity contribution is 0.883. The molecule has 2 N–H and O–H groups in total. The Kier molecular flexibility index (Phi) is 3.36. The number of aromatic nitrogens is 2. The summed E-state index contributed by atoms with van der Waals surface area (Å²) < 4.78 is 1.62. The molecule has 1 aromatic heterocycles. The third-order valence-electron chi connectivity index (χ3n) is 4.23. The first-order chi connectivity index (χ1) is 11.8. The van der Waals surface area contributed by atoms with Crippen molar-refractivity contribution in [1.82, 2.24) is 9.66 Å². The predicted molar refractivity (Wildman–Crippen MR) is 93.5 cm³/mol. The Balaban J connectivity index is 1.75. The number of nitriles is 1. The van der Waals surface area contributed by atoms with E-state index in [0.29, 0.717) is 5.95 Å². The fourth-order valence-electron chi connectivity index (χ4n) is 3.06. The van der Waals surface area contributed by atoms with Gasteiger partial charge in [0.1, 0.15) is 0 Å². The Morgan fingerprint density at radius 2 is 1.92 bits per heavy atom. The van der Waals surface area contributed by atoms with Crippen LogP contribution in [-0.2, 0) is 6.42 Å². The van der Waals surface area contributed by atoms with Gasteiger partial charge in [0.2, 0.25) is 5.95 Å². The first-order valence-corrected chi connectivity index (χ1v) is 7.77. The standard InChI is InChI=1S/C19H15N5/c20-11-14-7-4-8-16-15(14)9-10-17(16)23-24-12-18(22-19(24)21)13-5-2-1-3-6-13/h1-8,12H,9-10H2,(H2,21,22). The summed E-state index contributed by atoms with van der Waals surface area (Å²) in [6.07, 6.45) is 3.47. The van der Waals surface area contributed by atoms with Gasteiger partial charge in [-0.05, 0) is 24.5 Å². The van der Waals surface area contributed by atoms with E-state index in [-0.39, 0.29) is 0 Å². The summed E-state index contributed by atoms with van der Waals surface area (Å²) in [4.78, 5) is 4.39. The van der Waals surface area contributed by atoms with Gasteiger partial charge in [0.15, 0.2) is 0 Å². The Morgan fingerprint density at radius 3 is 2.71 bits per heavy atom. The van der Waals surface area contributed by atoms with Gasteiger partial charge in [-0.3, -0.25) is 0 Å². The van der Waals surface area contributed by atoms with Crippen LogP contribution >= 0.6 is 0 Å². The number of benzene rings is 2. The first-order valence-electron chi connectivity index (χ1n) is 7.77. The summed E-state index contributed by atoms with van der Waals surface area (Å²) in [5.74, 6) is 0.353. The molecule has 4 rings (SSSR count). The van der Waals surface area contributed by atoms with Gasteiger partial charge in [-0.15, -0.1) is 0 Å². The highest BCUT2D eigenvalue weighted by atomic mass is 15.4. The maximum Gasteiger partial charge on any atom is 0.221 e. The summed E-state index contributed by atoms with van der Waals surface area (Å²) >= 11 is 0. The normalized spacial score (nSPS) is 14.5. The number of hydrogen-bond acceptors (Lipinski definition) is 4. The Morgan fingerprint density at radius 1 is 1.08 bits per heavy atom. The summed E-state index contributed by atoms with van der Waals surface area (Å²) in [6, 6.07) is 17.9. The quantitative estimate of drug-likeness (QED) is 0.789. The molecule has 0 atom stereocenters. The van der Waals surface area contributed by atoms with Gasteiger partial charge >= 0.3 is 0 Å². The molecule has 0 bridgehead atoms. The number of nitrogens with zero attached hydrogens (tertiary/aromatic N) is 4. The molecular weight excluding hydrogens is 298 g/mol. The van der Waals surface area contributed by atoms with Crippen LogP contribution in [0.1, 0.15) is 23.1 Å². The number of imidazole rings is 1. The molecule has 2 aromatic carbocycles. The van der Waals surface area contributed by atoms with Crippen LogP contribution in [0.3, 0.4) is 0 Å². The van der Waals surface area contributed by atoms with Crippen LogP contribution in [0.2, 0.25) is 0 Å². The van der Waals surface area contributed by atoms with Gasteiger partial charge in [-0.2, -0.15) is 10.4 Å². The van der Waals surface area contributed by atoms with Crippen molar-refractivity contribution < 1.29 is 0 Å². The van der Waals surface area contributed by atoms with E-state index in [0.717, 1.165) is 46.5 Å². The minimum Gasteiger partial charge on any atom is -0.368 e. The molecule has 1 aliphatic rings. The number of nitrogen functional groups attached to an aromatic ring is 1. The molecule has 1 heterocycles. The van der Waals surface area contributed by atoms with Crippen LogP contribution in [-0.4, -0.2) is 15.4 Å². The van der Waals surface area contributed by atoms with Crippen LogP contribution < -0.4 is 5.73 Å². The minimum atomic E-state index is 0.353. The van der Waals surface area contributed by atoms with E-state index in [2.05, 4.69) is 16.2 Å². The van der Waals surface area contributed by atoms with Gasteiger partial charge in [0, 0.05) is 11.1 Å². The molecule has 0 radical (unpaired) electrons. The maximum absolute atomic E-state index is 9.23. The molecular formula is C19H15N5. The number of nitrogens with two attached hydrogens (primary N) is 1. The first kappa shape index (κ1) is 14.2. The van der Waals surface area contributed by atoms with Gasteiger partial charge in [0.05, 0.1) is 29.2 Å². The highest BCUT2D eigenvalue weighted by Gasteiger charge is 2.21. The van der Waals surface area contributed by atoms with Crippen molar-refractivity contribution in [1.29, 1.82) is 5.26 Å². The Labute approximate surface area is 139 Å². The van der Waals surface area contributed by atoms with E-state index in [1.165, 1.54) is 0 Å². The predicted octanol–water partition coefficient (Wildman–Crippen LogP) is 3.20. The molecule has 5 nitrogen and oxygen atoms in total. The van der Waals surface area contributed by atoms with Crippen LogP contribution in [0.5, 0.6) is 0 Å². The molecule has 0 saturated heterocycles. The largest absolute Gasteiger partial charge is 0.368 e. The third-order valence-corrected chi connectivity index (χ3v) is 4.23. The third kappa shape index (κ3) is 2.34. The molecule has 0 unspecified atom stereocenters. The lowest BCUT2D eigenvalue weighted by atomic mass is 10.0. The molecule has 116 valence electrons. The second-order valence-electron chi connectivity index (χ2n) is 5.69. The van der Waals surface area contributed by atoms with Crippen molar-refractivity contribution in [3.63, 3.8) is 0 Å². The van der Waals surface area contributed by atoms with Gasteiger partial charge in [-0.1, -0.05) is 42.5 Å². The number of hydrogen-bond donors (Lipinski definition) is 1. The fourth-order valence-corrected chi connectivity index (χ4v) is 3.06. The summed E-state index contributed by atoms with van der Waals surface area (Å²) in [6.45, 7) is 0. The van der Waals surface area contributed by atoms with Crippen molar-refractivity contribution >= 4 is 11.7 Å². The van der Waals surface area contributed by atoms with E-state index >= 15 is 0 Å². The molecule has 24 heavy (non-hydrogen) atoms. The zero-order valence-electron chi connectivity index (χ0n) is 13.0. The molecule has 5 heteroatoms. The van der Waals surface area contributed by atoms with E-state index < -0.39 is 0 Å². The van der Waals surface area contributed by atoms with Gasteiger partial charge in [0.25, 0.3) is 0 Å². The Hall–Kier alpha value is -3.39. The van der Waals surface area contributed by atoms with E-state index in [1.54, 1.807) is 4.68 Å². The van der Waals surface area contributed by atoms with Crippen molar-refractivity contribution in [3.05, 3.63) is 71.4 Å². The van der Waals surface area contributed by atoms with Crippen LogP contribution in [0.4, 0.5) is 5.95 Å². The SMILES string of the molecule is N#Cc1cccc2c1CCC2=Nn1cc(-c2ccccc2)nc1N. The number of fused-ring (bicyclic) bond motifs is 1. The second kappa shape index (κ2) is 5.67.